The molecule has 1 unspecified atom stereocenters. The van der Waals surface area contributed by atoms with Crippen LogP contribution >= 0.6 is 0 Å². The zero-order valence-electron chi connectivity index (χ0n) is 7.46. The molecule has 12 heavy (non-hydrogen) atoms. The SMILES string of the molecule is CCCCC(N)(C(C)=O)C(=O)O. The van der Waals surface area contributed by atoms with Crippen LogP contribution in [-0.4, -0.2) is 22.4 Å². The fourth-order valence-electron chi connectivity index (χ4n) is 0.889. The number of carboxylic acid groups (broad SMARTS) is 1. The molecule has 4 heteroatoms. The van der Waals surface area contributed by atoms with Crippen LogP contribution in [0.2, 0.25) is 0 Å². The Labute approximate surface area is 71.8 Å². The van der Waals surface area contributed by atoms with Gasteiger partial charge in [0.25, 0.3) is 0 Å². The first-order chi connectivity index (χ1) is 5.45. The molecule has 0 aliphatic carbocycles. The van der Waals surface area contributed by atoms with Gasteiger partial charge in [0.05, 0.1) is 0 Å². The van der Waals surface area contributed by atoms with Gasteiger partial charge in [0.1, 0.15) is 0 Å². The number of carbonyl (C=O) groups is 2. The average molecular weight is 173 g/mol. The number of unbranched alkanes of at least 4 members (excludes halogenated alkanes) is 1. The van der Waals surface area contributed by atoms with Gasteiger partial charge in [0, 0.05) is 0 Å². The second-order valence-electron chi connectivity index (χ2n) is 2.94. The van der Waals surface area contributed by atoms with Crippen LogP contribution in [0, 0.1) is 0 Å². The van der Waals surface area contributed by atoms with E-state index in [1.165, 1.54) is 6.92 Å². The predicted octanol–water partition coefficient (Wildman–Crippen LogP) is 0.548. The molecule has 0 saturated carbocycles. The third kappa shape index (κ3) is 2.30. The van der Waals surface area contributed by atoms with Crippen LogP contribution in [0.15, 0.2) is 0 Å². The van der Waals surface area contributed by atoms with Gasteiger partial charge < -0.3 is 10.8 Å². The van der Waals surface area contributed by atoms with Crippen molar-refractivity contribution in [2.75, 3.05) is 0 Å². The van der Waals surface area contributed by atoms with Gasteiger partial charge >= 0.3 is 5.97 Å². The zero-order chi connectivity index (χ0) is 9.78. The van der Waals surface area contributed by atoms with Gasteiger partial charge in [-0.1, -0.05) is 19.8 Å². The standard InChI is InChI=1S/C8H15NO3/c1-3-4-5-8(9,6(2)10)7(11)12/h3-5,9H2,1-2H3,(H,11,12). The smallest absolute Gasteiger partial charge is 0.331 e. The van der Waals surface area contributed by atoms with E-state index in [9.17, 15) is 9.59 Å². The highest BCUT2D eigenvalue weighted by atomic mass is 16.4. The van der Waals surface area contributed by atoms with Crippen LogP contribution in [0.3, 0.4) is 0 Å². The number of nitrogens with two attached hydrogens (primary N) is 1. The molecular formula is C8H15NO3. The van der Waals surface area contributed by atoms with Crippen LogP contribution in [0.1, 0.15) is 33.1 Å². The number of hydrogen-bond acceptors (Lipinski definition) is 3. The maximum atomic E-state index is 10.9. The molecule has 0 aromatic heterocycles. The Hall–Kier alpha value is -0.900. The second kappa shape index (κ2) is 4.21. The van der Waals surface area contributed by atoms with Gasteiger partial charge in [-0.2, -0.15) is 0 Å². The van der Waals surface area contributed by atoms with Crippen LogP contribution in [0.25, 0.3) is 0 Å². The van der Waals surface area contributed by atoms with Gasteiger partial charge in [-0.05, 0) is 13.3 Å². The summed E-state index contributed by atoms with van der Waals surface area (Å²) < 4.78 is 0. The van der Waals surface area contributed by atoms with Crippen LogP contribution in [-0.2, 0) is 9.59 Å². The number of carbonyl (C=O) groups excluding carboxylic acids is 1. The van der Waals surface area contributed by atoms with E-state index < -0.39 is 17.3 Å². The molecule has 3 N–H and O–H groups in total. The zero-order valence-corrected chi connectivity index (χ0v) is 7.46. The van der Waals surface area contributed by atoms with Gasteiger partial charge in [-0.15, -0.1) is 0 Å². The van der Waals surface area contributed by atoms with Crippen molar-refractivity contribution in [2.24, 2.45) is 5.73 Å². The molecule has 0 heterocycles. The monoisotopic (exact) mass is 173 g/mol. The second-order valence-corrected chi connectivity index (χ2v) is 2.94. The third-order valence-electron chi connectivity index (χ3n) is 1.93. The van der Waals surface area contributed by atoms with Gasteiger partial charge in [-0.25, -0.2) is 4.79 Å². The molecule has 0 amide bonds. The van der Waals surface area contributed by atoms with Crippen molar-refractivity contribution in [3.05, 3.63) is 0 Å². The minimum absolute atomic E-state index is 0.216. The molecule has 0 spiro atoms. The van der Waals surface area contributed by atoms with E-state index in [1.807, 2.05) is 6.92 Å². The molecule has 0 saturated heterocycles. The van der Waals surface area contributed by atoms with Crippen molar-refractivity contribution in [3.8, 4) is 0 Å². The van der Waals surface area contributed by atoms with Crippen molar-refractivity contribution in [1.82, 2.24) is 0 Å². The highest BCUT2D eigenvalue weighted by molar-refractivity contribution is 6.06. The third-order valence-corrected chi connectivity index (χ3v) is 1.93. The number of rotatable bonds is 5. The Morgan fingerprint density at radius 1 is 1.50 bits per heavy atom. The Morgan fingerprint density at radius 3 is 2.25 bits per heavy atom. The first-order valence-electron chi connectivity index (χ1n) is 3.98. The lowest BCUT2D eigenvalue weighted by molar-refractivity contribution is -0.148. The van der Waals surface area contributed by atoms with Gasteiger partial charge in [0.2, 0.25) is 0 Å². The lowest BCUT2D eigenvalue weighted by Gasteiger charge is -2.20. The molecule has 0 aliphatic heterocycles. The molecule has 0 aromatic carbocycles. The van der Waals surface area contributed by atoms with E-state index in [1.54, 1.807) is 0 Å². The molecule has 1 atom stereocenters. The lowest BCUT2D eigenvalue weighted by atomic mass is 9.90. The number of hydrogen-bond donors (Lipinski definition) is 2. The minimum Gasteiger partial charge on any atom is -0.480 e. The van der Waals surface area contributed by atoms with E-state index >= 15 is 0 Å². The number of aliphatic carboxylic acids is 1. The molecular weight excluding hydrogens is 158 g/mol. The van der Waals surface area contributed by atoms with Crippen LogP contribution in [0.4, 0.5) is 0 Å². The summed E-state index contributed by atoms with van der Waals surface area (Å²) in [5.74, 6) is -1.72. The van der Waals surface area contributed by atoms with E-state index in [-0.39, 0.29) is 6.42 Å². The van der Waals surface area contributed by atoms with E-state index in [0.717, 1.165) is 6.42 Å². The minimum atomic E-state index is -1.67. The average Bonchev–Trinajstić information content (AvgIpc) is 1.99. The predicted molar refractivity (Wildman–Crippen MR) is 44.8 cm³/mol. The summed E-state index contributed by atoms with van der Waals surface area (Å²) in [6, 6.07) is 0. The highest BCUT2D eigenvalue weighted by Crippen LogP contribution is 2.12. The number of Topliss-reactive ketones (excluding diaryl/α,β-unsaturated/α-hetero) is 1. The summed E-state index contributed by atoms with van der Waals surface area (Å²) in [5.41, 5.74) is 3.75. The first-order valence-corrected chi connectivity index (χ1v) is 3.98. The molecule has 0 aromatic rings. The van der Waals surface area contributed by atoms with E-state index in [0.29, 0.717) is 6.42 Å². The Kier molecular flexibility index (Phi) is 3.89. The van der Waals surface area contributed by atoms with Crippen molar-refractivity contribution in [3.63, 3.8) is 0 Å². The molecule has 4 nitrogen and oxygen atoms in total. The van der Waals surface area contributed by atoms with Crippen molar-refractivity contribution < 1.29 is 14.7 Å². The molecule has 0 bridgehead atoms. The van der Waals surface area contributed by atoms with Crippen molar-refractivity contribution >= 4 is 11.8 Å². The Morgan fingerprint density at radius 2 is 2.00 bits per heavy atom. The first kappa shape index (κ1) is 11.1. The largest absolute Gasteiger partial charge is 0.480 e. The number of carboxylic acids is 1. The molecule has 0 fully saturated rings. The Bertz CT molecular complexity index is 175. The fourth-order valence-corrected chi connectivity index (χ4v) is 0.889. The summed E-state index contributed by atoms with van der Waals surface area (Å²) in [4.78, 5) is 21.5. The van der Waals surface area contributed by atoms with Crippen molar-refractivity contribution in [1.29, 1.82) is 0 Å². The maximum absolute atomic E-state index is 10.9. The van der Waals surface area contributed by atoms with Gasteiger partial charge in [0.15, 0.2) is 11.3 Å². The summed E-state index contributed by atoms with van der Waals surface area (Å²) in [5, 5.41) is 8.68. The van der Waals surface area contributed by atoms with Crippen molar-refractivity contribution in [2.45, 2.75) is 38.6 Å². The Balaban J connectivity index is 4.40. The quantitative estimate of drug-likeness (QED) is 0.595. The topological polar surface area (TPSA) is 80.4 Å². The fraction of sp³-hybridized carbons (Fsp3) is 0.750. The molecule has 0 radical (unpaired) electrons. The summed E-state index contributed by atoms with van der Waals surface area (Å²) in [6.07, 6.45) is 1.70. The highest BCUT2D eigenvalue weighted by Gasteiger charge is 2.38. The summed E-state index contributed by atoms with van der Waals surface area (Å²) in [7, 11) is 0. The number of ketones is 1. The maximum Gasteiger partial charge on any atom is 0.331 e. The summed E-state index contributed by atoms with van der Waals surface area (Å²) >= 11 is 0. The van der Waals surface area contributed by atoms with Gasteiger partial charge in [-0.3, -0.25) is 4.79 Å². The van der Waals surface area contributed by atoms with E-state index in [4.69, 9.17) is 10.8 Å². The van der Waals surface area contributed by atoms with Crippen LogP contribution in [0.5, 0.6) is 0 Å². The molecule has 0 aliphatic rings. The molecule has 70 valence electrons. The molecule has 0 rings (SSSR count). The van der Waals surface area contributed by atoms with E-state index in [2.05, 4.69) is 0 Å². The summed E-state index contributed by atoms with van der Waals surface area (Å²) in [6.45, 7) is 3.13. The normalized spacial score (nSPS) is 15.2. The lowest BCUT2D eigenvalue weighted by Crippen LogP contribution is -2.53. The van der Waals surface area contributed by atoms with Crippen LogP contribution < -0.4 is 5.73 Å².